The first-order valence-electron chi connectivity index (χ1n) is 5.23. The van der Waals surface area contributed by atoms with Gasteiger partial charge >= 0.3 is 0 Å². The molecule has 0 radical (unpaired) electrons. The van der Waals surface area contributed by atoms with Crippen molar-refractivity contribution >= 4 is 11.7 Å². The molecule has 0 atom stereocenters. The van der Waals surface area contributed by atoms with Crippen LogP contribution in [0.4, 0.5) is 0 Å². The lowest BCUT2D eigenvalue weighted by Gasteiger charge is -2.21. The molecule has 4 nitrogen and oxygen atoms in total. The number of nitrogens with zero attached hydrogens (tertiary/aromatic N) is 2. The van der Waals surface area contributed by atoms with E-state index in [1.54, 1.807) is 0 Å². The van der Waals surface area contributed by atoms with Crippen LogP contribution < -0.4 is 5.73 Å². The predicted octanol–water partition coefficient (Wildman–Crippen LogP) is 0.376. The summed E-state index contributed by atoms with van der Waals surface area (Å²) in [5.74, 6) is 1.15. The normalized spacial score (nSPS) is 23.6. The Hall–Kier alpha value is -0.900. The summed E-state index contributed by atoms with van der Waals surface area (Å²) in [6.45, 7) is 4.11. The Balaban J connectivity index is 2.04. The van der Waals surface area contributed by atoms with Gasteiger partial charge in [-0.1, -0.05) is 6.92 Å². The Kier molecular flexibility index (Phi) is 2.31. The van der Waals surface area contributed by atoms with Gasteiger partial charge in [0.05, 0.1) is 6.54 Å². The van der Waals surface area contributed by atoms with Crippen LogP contribution in [0.25, 0.3) is 0 Å². The highest BCUT2D eigenvalue weighted by Gasteiger charge is 2.48. The number of amides is 1. The molecule has 2 N–H and O–H groups in total. The zero-order chi connectivity index (χ0) is 10.2. The average molecular weight is 195 g/mol. The Bertz CT molecular complexity index is 281. The van der Waals surface area contributed by atoms with Crippen molar-refractivity contribution in [3.63, 3.8) is 0 Å². The van der Waals surface area contributed by atoms with Gasteiger partial charge in [-0.15, -0.1) is 0 Å². The molecule has 1 fully saturated rings. The first-order chi connectivity index (χ1) is 6.67. The molecule has 0 aromatic rings. The monoisotopic (exact) mass is 195 g/mol. The first kappa shape index (κ1) is 9.65. The van der Waals surface area contributed by atoms with Gasteiger partial charge in [0.2, 0.25) is 5.91 Å². The summed E-state index contributed by atoms with van der Waals surface area (Å²) in [5.41, 5.74) is 5.39. The number of carbonyl (C=O) groups excluding carboxylic acids is 1. The maximum Gasteiger partial charge on any atom is 0.233 e. The zero-order valence-corrected chi connectivity index (χ0v) is 8.62. The third-order valence-corrected chi connectivity index (χ3v) is 3.06. The Labute approximate surface area is 84.2 Å². The third-order valence-electron chi connectivity index (χ3n) is 3.06. The molecule has 0 spiro atoms. The fraction of sp³-hybridized carbons (Fsp3) is 0.800. The molecule has 0 aromatic carbocycles. The van der Waals surface area contributed by atoms with Gasteiger partial charge < -0.3 is 5.73 Å². The van der Waals surface area contributed by atoms with E-state index in [0.29, 0.717) is 6.54 Å². The van der Waals surface area contributed by atoms with E-state index in [1.807, 2.05) is 11.8 Å². The number of rotatable bonds is 3. The van der Waals surface area contributed by atoms with E-state index in [2.05, 4.69) is 4.99 Å². The molecule has 0 saturated heterocycles. The van der Waals surface area contributed by atoms with Gasteiger partial charge in [-0.3, -0.25) is 14.7 Å². The molecule has 1 saturated carbocycles. The lowest BCUT2D eigenvalue weighted by atomic mass is 10.1. The molecule has 2 rings (SSSR count). The van der Waals surface area contributed by atoms with Crippen LogP contribution in [-0.2, 0) is 4.79 Å². The second-order valence-electron chi connectivity index (χ2n) is 4.35. The molecule has 2 aliphatic rings. The van der Waals surface area contributed by atoms with Gasteiger partial charge in [-0.2, -0.15) is 0 Å². The van der Waals surface area contributed by atoms with Crippen molar-refractivity contribution in [1.29, 1.82) is 0 Å². The molecule has 1 aliphatic carbocycles. The second kappa shape index (κ2) is 3.35. The number of nitrogens with two attached hydrogens (primary N) is 1. The minimum atomic E-state index is -0.0836. The molecule has 1 aliphatic heterocycles. The summed E-state index contributed by atoms with van der Waals surface area (Å²) >= 11 is 0. The summed E-state index contributed by atoms with van der Waals surface area (Å²) in [4.78, 5) is 18.2. The van der Waals surface area contributed by atoms with E-state index in [4.69, 9.17) is 5.73 Å². The fourth-order valence-corrected chi connectivity index (χ4v) is 1.78. The number of amidine groups is 1. The van der Waals surface area contributed by atoms with Gasteiger partial charge in [0, 0.05) is 18.4 Å². The summed E-state index contributed by atoms with van der Waals surface area (Å²) in [7, 11) is 0. The molecule has 14 heavy (non-hydrogen) atoms. The van der Waals surface area contributed by atoms with Crippen LogP contribution in [0.3, 0.4) is 0 Å². The van der Waals surface area contributed by atoms with E-state index in [-0.39, 0.29) is 11.3 Å². The maximum atomic E-state index is 12.0. The van der Waals surface area contributed by atoms with E-state index >= 15 is 0 Å². The molecule has 0 bridgehead atoms. The number of hydrogen-bond donors (Lipinski definition) is 1. The van der Waals surface area contributed by atoms with Crippen LogP contribution >= 0.6 is 0 Å². The number of aliphatic imine (C=N–C) groups is 1. The van der Waals surface area contributed by atoms with Gasteiger partial charge in [-0.05, 0) is 19.4 Å². The predicted molar refractivity (Wildman–Crippen MR) is 55.0 cm³/mol. The van der Waals surface area contributed by atoms with Crippen molar-refractivity contribution in [2.45, 2.75) is 26.2 Å². The van der Waals surface area contributed by atoms with Crippen molar-refractivity contribution in [2.75, 3.05) is 19.6 Å². The Morgan fingerprint density at radius 3 is 2.93 bits per heavy atom. The van der Waals surface area contributed by atoms with Gasteiger partial charge in [0.1, 0.15) is 5.84 Å². The molecule has 78 valence electrons. The molecule has 0 aromatic heterocycles. The topological polar surface area (TPSA) is 58.7 Å². The van der Waals surface area contributed by atoms with Crippen molar-refractivity contribution in [3.05, 3.63) is 0 Å². The number of carbonyl (C=O) groups is 1. The van der Waals surface area contributed by atoms with Crippen LogP contribution in [0.15, 0.2) is 4.99 Å². The van der Waals surface area contributed by atoms with Crippen molar-refractivity contribution in [1.82, 2.24) is 4.90 Å². The second-order valence-corrected chi connectivity index (χ2v) is 4.35. The standard InChI is InChI=1S/C10H17N3O/c1-10(3-4-10)9(14)13-7-6-12-8(13)2-5-11/h2-7,11H2,1H3. The highest BCUT2D eigenvalue weighted by atomic mass is 16.2. The highest BCUT2D eigenvalue weighted by Crippen LogP contribution is 2.46. The SMILES string of the molecule is CC1(C(=O)N2CCN=C2CCN)CC1. The average Bonchev–Trinajstić information content (AvgIpc) is 2.76. The summed E-state index contributed by atoms with van der Waals surface area (Å²) in [6.07, 6.45) is 2.78. The third kappa shape index (κ3) is 1.54. The zero-order valence-electron chi connectivity index (χ0n) is 8.62. The molecule has 4 heteroatoms. The Morgan fingerprint density at radius 1 is 1.64 bits per heavy atom. The van der Waals surface area contributed by atoms with Crippen LogP contribution in [0.5, 0.6) is 0 Å². The van der Waals surface area contributed by atoms with Gasteiger partial charge in [0.15, 0.2) is 0 Å². The van der Waals surface area contributed by atoms with E-state index in [1.165, 1.54) is 0 Å². The highest BCUT2D eigenvalue weighted by molar-refractivity contribution is 6.02. The molecular weight excluding hydrogens is 178 g/mol. The maximum absolute atomic E-state index is 12.0. The van der Waals surface area contributed by atoms with Gasteiger partial charge in [0.25, 0.3) is 0 Å². The summed E-state index contributed by atoms with van der Waals surface area (Å²) < 4.78 is 0. The summed E-state index contributed by atoms with van der Waals surface area (Å²) in [6, 6.07) is 0. The lowest BCUT2D eigenvalue weighted by molar-refractivity contribution is -0.132. The Morgan fingerprint density at radius 2 is 2.36 bits per heavy atom. The molecule has 0 unspecified atom stereocenters. The molecule has 1 heterocycles. The molecule has 1 amide bonds. The molecular formula is C10H17N3O. The van der Waals surface area contributed by atoms with Crippen molar-refractivity contribution in [3.8, 4) is 0 Å². The van der Waals surface area contributed by atoms with Crippen molar-refractivity contribution < 1.29 is 4.79 Å². The minimum absolute atomic E-state index is 0.0836. The van der Waals surface area contributed by atoms with Crippen LogP contribution in [0, 0.1) is 5.41 Å². The fourth-order valence-electron chi connectivity index (χ4n) is 1.78. The van der Waals surface area contributed by atoms with Gasteiger partial charge in [-0.25, -0.2) is 0 Å². The quantitative estimate of drug-likeness (QED) is 0.707. The van der Waals surface area contributed by atoms with Crippen LogP contribution in [0.2, 0.25) is 0 Å². The van der Waals surface area contributed by atoms with Crippen LogP contribution in [0.1, 0.15) is 26.2 Å². The smallest absolute Gasteiger partial charge is 0.233 e. The first-order valence-corrected chi connectivity index (χ1v) is 5.23. The minimum Gasteiger partial charge on any atom is -0.330 e. The lowest BCUT2D eigenvalue weighted by Crippen LogP contribution is -2.39. The van der Waals surface area contributed by atoms with E-state index < -0.39 is 0 Å². The largest absolute Gasteiger partial charge is 0.330 e. The number of hydrogen-bond acceptors (Lipinski definition) is 3. The van der Waals surface area contributed by atoms with Crippen LogP contribution in [-0.4, -0.2) is 36.3 Å². The van der Waals surface area contributed by atoms with E-state index in [0.717, 1.165) is 38.2 Å². The van der Waals surface area contributed by atoms with Crippen molar-refractivity contribution in [2.24, 2.45) is 16.1 Å². The summed E-state index contributed by atoms with van der Waals surface area (Å²) in [5, 5.41) is 0. The van der Waals surface area contributed by atoms with E-state index in [9.17, 15) is 4.79 Å².